The minimum atomic E-state index is -1.53. The van der Waals surface area contributed by atoms with Gasteiger partial charge in [-0.2, -0.15) is 0 Å². The highest BCUT2D eigenvalue weighted by Crippen LogP contribution is 2.35. The summed E-state index contributed by atoms with van der Waals surface area (Å²) < 4.78 is 9.89. The predicted molar refractivity (Wildman–Crippen MR) is 58.0 cm³/mol. The molecule has 1 amide bonds. The van der Waals surface area contributed by atoms with Gasteiger partial charge in [-0.1, -0.05) is 6.07 Å². The Morgan fingerprint density at radius 3 is 2.78 bits per heavy atom. The van der Waals surface area contributed by atoms with Crippen molar-refractivity contribution in [1.29, 1.82) is 0 Å². The van der Waals surface area contributed by atoms with Crippen LogP contribution in [0.2, 0.25) is 0 Å². The first-order valence-electron chi connectivity index (χ1n) is 5.01. The van der Waals surface area contributed by atoms with Crippen molar-refractivity contribution < 1.29 is 24.3 Å². The van der Waals surface area contributed by atoms with Crippen molar-refractivity contribution in [3.8, 4) is 11.5 Å². The Morgan fingerprint density at radius 1 is 1.50 bits per heavy atom. The lowest BCUT2D eigenvalue weighted by Gasteiger charge is -2.12. The molecule has 0 radical (unpaired) electrons. The first-order valence-corrected chi connectivity index (χ1v) is 5.01. The highest BCUT2D eigenvalue weighted by molar-refractivity contribution is 5.64. The maximum Gasteiger partial charge on any atom is 0.517 e. The van der Waals surface area contributed by atoms with Crippen molar-refractivity contribution in [3.63, 3.8) is 0 Å². The zero-order valence-corrected chi connectivity index (χ0v) is 9.40. The van der Waals surface area contributed by atoms with E-state index in [-0.39, 0.29) is 18.0 Å². The molecule has 0 aromatic heterocycles. The molecule has 0 spiro atoms. The summed E-state index contributed by atoms with van der Waals surface area (Å²) in [5.74, 6) is 0.520. The number of amides is 1. The Hall–Kier alpha value is -2.51. The summed E-state index contributed by atoms with van der Waals surface area (Å²) in [6.07, 6.45) is -2.59. The van der Waals surface area contributed by atoms with Crippen LogP contribution >= 0.6 is 0 Å². The van der Waals surface area contributed by atoms with Gasteiger partial charge < -0.3 is 19.5 Å². The average molecular weight is 254 g/mol. The number of hydrogen-bond acceptors (Lipinski definition) is 5. The summed E-state index contributed by atoms with van der Waals surface area (Å²) in [6, 6.07) is 4.67. The smallest absolute Gasteiger partial charge is 0.465 e. The first-order chi connectivity index (χ1) is 8.47. The van der Waals surface area contributed by atoms with Crippen LogP contribution in [0.15, 0.2) is 18.2 Å². The zero-order chi connectivity index (χ0) is 13.3. The Balaban J connectivity index is 2.13. The summed E-state index contributed by atoms with van der Waals surface area (Å²) in [5, 5.41) is 19.2. The fourth-order valence-electron chi connectivity index (χ4n) is 1.51. The molecular formula is C10H10N2O6. The van der Waals surface area contributed by atoms with E-state index in [1.54, 1.807) is 6.07 Å². The number of nitrogens with zero attached hydrogens (tertiary/aromatic N) is 2. The summed E-state index contributed by atoms with van der Waals surface area (Å²) >= 11 is 0. The third-order valence-electron chi connectivity index (χ3n) is 2.38. The predicted octanol–water partition coefficient (Wildman–Crippen LogP) is 1.13. The van der Waals surface area contributed by atoms with E-state index in [0.29, 0.717) is 5.56 Å². The Kier molecular flexibility index (Phi) is 2.92. The number of ether oxygens (including phenoxy) is 2. The molecule has 1 heterocycles. The normalized spacial score (nSPS) is 16.4. The van der Waals surface area contributed by atoms with Crippen LogP contribution < -0.4 is 9.47 Å². The molecule has 1 atom stereocenters. The molecule has 8 heteroatoms. The second kappa shape index (κ2) is 4.40. The summed E-state index contributed by atoms with van der Waals surface area (Å²) in [4.78, 5) is 21.5. The largest absolute Gasteiger partial charge is 0.517 e. The highest BCUT2D eigenvalue weighted by atomic mass is 16.8. The summed E-state index contributed by atoms with van der Waals surface area (Å²) in [7, 11) is 1.42. The van der Waals surface area contributed by atoms with Gasteiger partial charge in [-0.15, -0.1) is 0 Å². The number of nitro groups is 1. The Morgan fingerprint density at radius 2 is 2.17 bits per heavy atom. The lowest BCUT2D eigenvalue weighted by Crippen LogP contribution is -2.27. The molecule has 0 aliphatic carbocycles. The van der Waals surface area contributed by atoms with Crippen molar-refractivity contribution in [2.45, 2.75) is 13.0 Å². The number of carbonyl (C=O) groups is 1. The molecule has 96 valence electrons. The van der Waals surface area contributed by atoms with E-state index in [9.17, 15) is 14.9 Å². The van der Waals surface area contributed by atoms with Crippen LogP contribution in [0.4, 0.5) is 4.79 Å². The van der Waals surface area contributed by atoms with Crippen molar-refractivity contribution in [2.75, 3.05) is 7.05 Å². The topological polar surface area (TPSA) is 102 Å². The van der Waals surface area contributed by atoms with E-state index in [2.05, 4.69) is 0 Å². The van der Waals surface area contributed by atoms with Crippen molar-refractivity contribution >= 4 is 6.09 Å². The Bertz CT molecular complexity index is 503. The van der Waals surface area contributed by atoms with Gasteiger partial charge in [0.05, 0.1) is 0 Å². The van der Waals surface area contributed by atoms with Gasteiger partial charge in [0.1, 0.15) is 4.92 Å². The second-order valence-corrected chi connectivity index (χ2v) is 3.75. The summed E-state index contributed by atoms with van der Waals surface area (Å²) in [5.41, 5.74) is 0.659. The third kappa shape index (κ3) is 2.26. The fourth-order valence-corrected chi connectivity index (χ4v) is 1.51. The number of carboxylic acid groups (broad SMARTS) is 1. The van der Waals surface area contributed by atoms with Crippen LogP contribution in [0.25, 0.3) is 0 Å². The maximum absolute atomic E-state index is 10.7. The van der Waals surface area contributed by atoms with Gasteiger partial charge in [0.25, 0.3) is 0 Å². The van der Waals surface area contributed by atoms with Gasteiger partial charge in [0, 0.05) is 13.6 Å². The molecule has 1 aromatic carbocycles. The van der Waals surface area contributed by atoms with E-state index in [1.807, 2.05) is 0 Å². The molecule has 2 rings (SSSR count). The minimum Gasteiger partial charge on any atom is -0.465 e. The quantitative estimate of drug-likeness (QED) is 0.640. The van der Waals surface area contributed by atoms with E-state index in [4.69, 9.17) is 14.6 Å². The van der Waals surface area contributed by atoms with E-state index in [0.717, 1.165) is 4.90 Å². The molecule has 1 aliphatic rings. The van der Waals surface area contributed by atoms with E-state index < -0.39 is 17.4 Å². The zero-order valence-electron chi connectivity index (χ0n) is 9.40. The first kappa shape index (κ1) is 12.0. The van der Waals surface area contributed by atoms with Gasteiger partial charge in [-0.3, -0.25) is 10.1 Å². The van der Waals surface area contributed by atoms with Gasteiger partial charge in [-0.25, -0.2) is 4.79 Å². The molecule has 1 unspecified atom stereocenters. The molecular weight excluding hydrogens is 244 g/mol. The fraction of sp³-hybridized carbons (Fsp3) is 0.300. The molecule has 18 heavy (non-hydrogen) atoms. The van der Waals surface area contributed by atoms with Crippen LogP contribution in [-0.2, 0) is 6.54 Å². The highest BCUT2D eigenvalue weighted by Gasteiger charge is 2.33. The van der Waals surface area contributed by atoms with Crippen LogP contribution in [0.3, 0.4) is 0 Å². The minimum absolute atomic E-state index is 0.162. The molecule has 1 N–H and O–H groups in total. The number of rotatable bonds is 3. The number of fused-ring (bicyclic) bond motifs is 1. The van der Waals surface area contributed by atoms with Crippen LogP contribution in [0.1, 0.15) is 5.56 Å². The van der Waals surface area contributed by atoms with Crippen molar-refractivity contribution in [3.05, 3.63) is 33.9 Å². The molecule has 1 aliphatic heterocycles. The lowest BCUT2D eigenvalue weighted by atomic mass is 10.2. The molecule has 0 saturated carbocycles. The maximum atomic E-state index is 10.7. The van der Waals surface area contributed by atoms with Crippen LogP contribution in [0, 0.1) is 10.1 Å². The van der Waals surface area contributed by atoms with Crippen molar-refractivity contribution in [1.82, 2.24) is 4.90 Å². The second-order valence-electron chi connectivity index (χ2n) is 3.75. The monoisotopic (exact) mass is 254 g/mol. The van der Waals surface area contributed by atoms with Gasteiger partial charge >= 0.3 is 12.5 Å². The molecule has 0 fully saturated rings. The van der Waals surface area contributed by atoms with Gasteiger partial charge in [-0.05, 0) is 17.7 Å². The molecule has 8 nitrogen and oxygen atoms in total. The SMILES string of the molecule is CN(Cc1ccc2c(c1)OC([N+](=O)[O-])O2)C(=O)O. The Labute approximate surface area is 101 Å². The van der Waals surface area contributed by atoms with E-state index >= 15 is 0 Å². The summed E-state index contributed by atoms with van der Waals surface area (Å²) in [6.45, 7) is 0.162. The number of benzene rings is 1. The van der Waals surface area contributed by atoms with Crippen molar-refractivity contribution in [2.24, 2.45) is 0 Å². The van der Waals surface area contributed by atoms with Gasteiger partial charge in [0.15, 0.2) is 11.5 Å². The van der Waals surface area contributed by atoms with Crippen LogP contribution in [-0.4, -0.2) is 34.5 Å². The van der Waals surface area contributed by atoms with E-state index in [1.165, 1.54) is 19.2 Å². The molecule has 0 saturated heterocycles. The standard InChI is InChI=1S/C10H10N2O6/c1-11(9(13)14)5-6-2-3-7-8(4-6)18-10(17-7)12(15)16/h2-4,10H,5H2,1H3,(H,13,14). The molecule has 0 bridgehead atoms. The number of hydrogen-bond donors (Lipinski definition) is 1. The lowest BCUT2D eigenvalue weighted by molar-refractivity contribution is -0.600. The average Bonchev–Trinajstić information content (AvgIpc) is 2.71. The van der Waals surface area contributed by atoms with Crippen LogP contribution in [0.5, 0.6) is 11.5 Å². The van der Waals surface area contributed by atoms with Gasteiger partial charge in [0.2, 0.25) is 0 Å². The molecule has 1 aromatic rings. The third-order valence-corrected chi connectivity index (χ3v) is 2.38.